The number of esters is 1. The summed E-state index contributed by atoms with van der Waals surface area (Å²) < 4.78 is 5.17. The lowest BCUT2D eigenvalue weighted by atomic mass is 9.95. The highest BCUT2D eigenvalue weighted by atomic mass is 32.1. The van der Waals surface area contributed by atoms with Crippen LogP contribution in [0.5, 0.6) is 0 Å². The molecule has 7 nitrogen and oxygen atoms in total. The predicted molar refractivity (Wildman–Crippen MR) is 133 cm³/mol. The van der Waals surface area contributed by atoms with Gasteiger partial charge in [-0.15, -0.1) is 21.5 Å². The molecule has 0 amide bonds. The lowest BCUT2D eigenvalue weighted by Crippen LogP contribution is -2.12. The fourth-order valence-corrected chi connectivity index (χ4v) is 4.28. The van der Waals surface area contributed by atoms with Crippen molar-refractivity contribution in [3.8, 4) is 33.8 Å². The molecule has 8 heteroatoms. The number of carbonyl (C=O) groups is 1. The highest BCUT2D eigenvalue weighted by molar-refractivity contribution is 7.14. The van der Waals surface area contributed by atoms with Crippen molar-refractivity contribution in [2.75, 3.05) is 12.4 Å². The summed E-state index contributed by atoms with van der Waals surface area (Å²) in [4.78, 5) is 22.0. The van der Waals surface area contributed by atoms with Crippen LogP contribution >= 0.6 is 11.3 Å². The number of hydrogen-bond acceptors (Lipinski definition) is 8. The molecule has 1 N–H and O–H groups in total. The quantitative estimate of drug-likeness (QED) is 0.314. The lowest BCUT2D eigenvalue weighted by Gasteiger charge is -2.16. The second kappa shape index (κ2) is 9.60. The Labute approximate surface area is 200 Å². The van der Waals surface area contributed by atoms with Gasteiger partial charge in [0.2, 0.25) is 0 Å². The van der Waals surface area contributed by atoms with E-state index >= 15 is 0 Å². The van der Waals surface area contributed by atoms with E-state index in [9.17, 15) is 4.79 Å². The molecular weight excluding hydrogens is 446 g/mol. The second-order valence-electron chi connectivity index (χ2n) is 7.25. The summed E-state index contributed by atoms with van der Waals surface area (Å²) in [5.74, 6) is -0.248. The normalized spacial score (nSPS) is 10.6. The van der Waals surface area contributed by atoms with Crippen LogP contribution in [0.4, 0.5) is 10.9 Å². The number of ether oxygens (including phenoxy) is 1. The van der Waals surface area contributed by atoms with Crippen molar-refractivity contribution in [1.82, 2.24) is 20.2 Å². The van der Waals surface area contributed by atoms with Crippen LogP contribution in [0.1, 0.15) is 10.4 Å². The summed E-state index contributed by atoms with van der Waals surface area (Å²) in [6.07, 6.45) is 1.72. The molecule has 3 aromatic heterocycles. The zero-order chi connectivity index (χ0) is 23.3. The monoisotopic (exact) mass is 465 g/mol. The van der Waals surface area contributed by atoms with Crippen LogP contribution in [0.2, 0.25) is 0 Å². The molecule has 0 aliphatic rings. The van der Waals surface area contributed by atoms with E-state index in [0.717, 1.165) is 22.5 Å². The van der Waals surface area contributed by atoms with E-state index in [0.29, 0.717) is 16.4 Å². The largest absolute Gasteiger partial charge is 0.465 e. The first kappa shape index (κ1) is 21.4. The molecule has 5 aromatic rings. The van der Waals surface area contributed by atoms with Crippen molar-refractivity contribution >= 4 is 28.3 Å². The van der Waals surface area contributed by atoms with Crippen LogP contribution in [0.3, 0.4) is 0 Å². The maximum atomic E-state index is 13.1. The molecule has 0 saturated carbocycles. The van der Waals surface area contributed by atoms with Gasteiger partial charge in [-0.2, -0.15) is 0 Å². The van der Waals surface area contributed by atoms with E-state index in [4.69, 9.17) is 4.74 Å². The summed E-state index contributed by atoms with van der Waals surface area (Å²) in [6, 6.07) is 24.9. The molecule has 5 rings (SSSR count). The number of benzene rings is 2. The number of carbonyl (C=O) groups excluding carboxylic acids is 1. The minimum absolute atomic E-state index is 0.271. The Morgan fingerprint density at radius 2 is 1.56 bits per heavy atom. The average molecular weight is 466 g/mol. The third-order valence-corrected chi connectivity index (χ3v) is 5.89. The van der Waals surface area contributed by atoms with E-state index in [2.05, 4.69) is 25.5 Å². The smallest absolute Gasteiger partial charge is 0.342 e. The van der Waals surface area contributed by atoms with Crippen LogP contribution in [-0.2, 0) is 4.74 Å². The zero-order valence-electron chi connectivity index (χ0n) is 18.2. The topological polar surface area (TPSA) is 89.9 Å². The van der Waals surface area contributed by atoms with Gasteiger partial charge < -0.3 is 10.1 Å². The standard InChI is InChI=1S/C26H19N5O2S/c1-33-25(32)22-21(17-10-4-2-5-11-17)23(18-12-6-3-7-13-18)30-31-24(22)29-26-28-20(16-34-26)19-14-8-9-15-27-19/h2-16H,1H3,(H,28,29,31). The van der Waals surface area contributed by atoms with Crippen molar-refractivity contribution in [1.29, 1.82) is 0 Å². The van der Waals surface area contributed by atoms with Gasteiger partial charge in [0, 0.05) is 22.7 Å². The Morgan fingerprint density at radius 1 is 0.853 bits per heavy atom. The molecule has 0 radical (unpaired) electrons. The highest BCUT2D eigenvalue weighted by Gasteiger charge is 2.26. The fourth-order valence-electron chi connectivity index (χ4n) is 3.57. The molecule has 0 aliphatic carbocycles. The molecule has 0 atom stereocenters. The number of hydrogen-bond donors (Lipinski definition) is 1. The fraction of sp³-hybridized carbons (Fsp3) is 0.0385. The van der Waals surface area contributed by atoms with E-state index in [1.54, 1.807) is 6.20 Å². The van der Waals surface area contributed by atoms with Gasteiger partial charge in [0.05, 0.1) is 12.8 Å². The predicted octanol–water partition coefficient (Wildman–Crippen LogP) is 5.86. The van der Waals surface area contributed by atoms with E-state index in [1.807, 2.05) is 84.2 Å². The summed E-state index contributed by atoms with van der Waals surface area (Å²) in [5.41, 5.74) is 4.67. The first-order valence-electron chi connectivity index (χ1n) is 10.5. The molecule has 0 saturated heterocycles. The molecule has 0 spiro atoms. The third-order valence-electron chi connectivity index (χ3n) is 5.13. The SMILES string of the molecule is COC(=O)c1c(Nc2nc(-c3ccccn3)cs2)nnc(-c2ccccc2)c1-c1ccccc1. The van der Waals surface area contributed by atoms with Gasteiger partial charge in [-0.25, -0.2) is 9.78 Å². The first-order valence-corrected chi connectivity index (χ1v) is 11.4. The van der Waals surface area contributed by atoms with Crippen molar-refractivity contribution in [3.63, 3.8) is 0 Å². The molecule has 166 valence electrons. The molecule has 3 heterocycles. The van der Waals surface area contributed by atoms with Crippen molar-refractivity contribution < 1.29 is 9.53 Å². The zero-order valence-corrected chi connectivity index (χ0v) is 19.0. The van der Waals surface area contributed by atoms with Gasteiger partial charge in [0.1, 0.15) is 17.0 Å². The number of nitrogens with one attached hydrogen (secondary N) is 1. The van der Waals surface area contributed by atoms with Gasteiger partial charge >= 0.3 is 5.97 Å². The minimum atomic E-state index is -0.519. The van der Waals surface area contributed by atoms with Crippen LogP contribution in [0.15, 0.2) is 90.4 Å². The number of thiazole rings is 1. The Morgan fingerprint density at radius 3 is 2.24 bits per heavy atom. The Bertz CT molecular complexity index is 1420. The second-order valence-corrected chi connectivity index (χ2v) is 8.11. The number of rotatable bonds is 6. The summed E-state index contributed by atoms with van der Waals surface area (Å²) >= 11 is 1.39. The number of aromatic nitrogens is 4. The molecule has 0 fully saturated rings. The van der Waals surface area contributed by atoms with E-state index in [1.165, 1.54) is 18.4 Å². The molecular formula is C26H19N5O2S. The highest BCUT2D eigenvalue weighted by Crippen LogP contribution is 2.37. The third kappa shape index (κ3) is 4.26. The number of nitrogens with zero attached hydrogens (tertiary/aromatic N) is 4. The number of methoxy groups -OCH3 is 1. The van der Waals surface area contributed by atoms with Gasteiger partial charge in [-0.1, -0.05) is 66.7 Å². The maximum absolute atomic E-state index is 13.1. The summed E-state index contributed by atoms with van der Waals surface area (Å²) in [5, 5.41) is 14.5. The van der Waals surface area contributed by atoms with E-state index in [-0.39, 0.29) is 11.4 Å². The van der Waals surface area contributed by atoms with E-state index < -0.39 is 5.97 Å². The van der Waals surface area contributed by atoms with Crippen LogP contribution in [0, 0.1) is 0 Å². The molecule has 0 bridgehead atoms. The van der Waals surface area contributed by atoms with Crippen LogP contribution in [0.25, 0.3) is 33.8 Å². The lowest BCUT2D eigenvalue weighted by molar-refractivity contribution is 0.0602. The van der Waals surface area contributed by atoms with Gasteiger partial charge in [-0.3, -0.25) is 4.98 Å². The molecule has 0 unspecified atom stereocenters. The molecule has 2 aromatic carbocycles. The molecule has 0 aliphatic heterocycles. The van der Waals surface area contributed by atoms with Crippen molar-refractivity contribution in [2.45, 2.75) is 0 Å². The molecule has 34 heavy (non-hydrogen) atoms. The maximum Gasteiger partial charge on any atom is 0.342 e. The number of pyridine rings is 1. The first-order chi connectivity index (χ1) is 16.7. The Kier molecular flexibility index (Phi) is 6.05. The van der Waals surface area contributed by atoms with Crippen LogP contribution < -0.4 is 5.32 Å². The Hall–Kier alpha value is -4.43. The summed E-state index contributed by atoms with van der Waals surface area (Å²) in [6.45, 7) is 0. The minimum Gasteiger partial charge on any atom is -0.465 e. The summed E-state index contributed by atoms with van der Waals surface area (Å²) in [7, 11) is 1.35. The Balaban J connectivity index is 1.65. The number of anilines is 2. The average Bonchev–Trinajstić information content (AvgIpc) is 3.38. The van der Waals surface area contributed by atoms with Crippen molar-refractivity contribution in [2.24, 2.45) is 0 Å². The van der Waals surface area contributed by atoms with Gasteiger partial charge in [-0.05, 0) is 17.7 Å². The van der Waals surface area contributed by atoms with Gasteiger partial charge in [0.25, 0.3) is 0 Å². The van der Waals surface area contributed by atoms with Crippen LogP contribution in [-0.4, -0.2) is 33.2 Å². The van der Waals surface area contributed by atoms with Crippen molar-refractivity contribution in [3.05, 3.63) is 96.0 Å². The van der Waals surface area contributed by atoms with Gasteiger partial charge in [0.15, 0.2) is 10.9 Å².